The first-order chi connectivity index (χ1) is 14.0. The molecule has 0 unspecified atom stereocenters. The van der Waals surface area contributed by atoms with Crippen LogP contribution in [0.2, 0.25) is 0 Å². The first-order valence-corrected chi connectivity index (χ1v) is 9.16. The lowest BCUT2D eigenvalue weighted by atomic mass is 9.85. The molecule has 2 N–H and O–H groups in total. The lowest BCUT2D eigenvalue weighted by Gasteiger charge is -2.19. The number of Topliss-reactive ketones (excluding diaryl/α,β-unsaturated/α-hetero) is 2. The van der Waals surface area contributed by atoms with Crippen molar-refractivity contribution < 1.29 is 19.8 Å². The molecule has 4 nitrogen and oxygen atoms in total. The van der Waals surface area contributed by atoms with Crippen molar-refractivity contribution in [3.8, 4) is 0 Å². The highest BCUT2D eigenvalue weighted by Crippen LogP contribution is 2.33. The molecule has 3 aromatic rings. The van der Waals surface area contributed by atoms with Gasteiger partial charge in [0.25, 0.3) is 0 Å². The Morgan fingerprint density at radius 3 is 2.14 bits per heavy atom. The number of aliphatic hydroxyl groups excluding tert-OH is 2. The van der Waals surface area contributed by atoms with Crippen LogP contribution in [0.15, 0.2) is 95.5 Å². The van der Waals surface area contributed by atoms with Gasteiger partial charge in [-0.1, -0.05) is 72.8 Å². The monoisotopic (exact) mass is 382 g/mol. The Morgan fingerprint density at radius 2 is 1.41 bits per heavy atom. The Labute approximate surface area is 167 Å². The van der Waals surface area contributed by atoms with Gasteiger partial charge >= 0.3 is 0 Å². The normalized spacial score (nSPS) is 15.4. The van der Waals surface area contributed by atoms with Gasteiger partial charge in [0.2, 0.25) is 11.6 Å². The van der Waals surface area contributed by atoms with Gasteiger partial charge in [-0.15, -0.1) is 0 Å². The molecule has 0 bridgehead atoms. The molecule has 0 spiro atoms. The highest BCUT2D eigenvalue weighted by atomic mass is 16.3. The summed E-state index contributed by atoms with van der Waals surface area (Å²) in [6, 6.07) is 22.0. The highest BCUT2D eigenvalue weighted by molar-refractivity contribution is 6.39. The van der Waals surface area contributed by atoms with Crippen molar-refractivity contribution in [1.29, 1.82) is 0 Å². The van der Waals surface area contributed by atoms with Crippen LogP contribution in [0, 0.1) is 0 Å². The average molecular weight is 382 g/mol. The molecule has 4 rings (SSSR count). The quantitative estimate of drug-likeness (QED) is 0.613. The molecule has 1 aliphatic carbocycles. The molecule has 0 saturated carbocycles. The fourth-order valence-corrected chi connectivity index (χ4v) is 3.53. The van der Waals surface area contributed by atoms with Gasteiger partial charge in [-0.05, 0) is 40.5 Å². The third-order valence-electron chi connectivity index (χ3n) is 4.97. The van der Waals surface area contributed by atoms with Crippen LogP contribution in [0.25, 0.3) is 22.4 Å². The first-order valence-electron chi connectivity index (χ1n) is 9.16. The second kappa shape index (κ2) is 7.24. The number of hydrogen-bond donors (Lipinski definition) is 2. The summed E-state index contributed by atoms with van der Waals surface area (Å²) in [5.74, 6) is -2.84. The number of carbonyl (C=O) groups is 2. The summed E-state index contributed by atoms with van der Waals surface area (Å²) in [6.07, 6.45) is 1.69. The average Bonchev–Trinajstić information content (AvgIpc) is 2.73. The van der Waals surface area contributed by atoms with E-state index >= 15 is 0 Å². The molecule has 0 fully saturated rings. The smallest absolute Gasteiger partial charge is 0.232 e. The van der Waals surface area contributed by atoms with Crippen LogP contribution in [-0.4, -0.2) is 21.8 Å². The van der Waals surface area contributed by atoms with E-state index in [4.69, 9.17) is 0 Å². The predicted molar refractivity (Wildman–Crippen MR) is 113 cm³/mol. The van der Waals surface area contributed by atoms with Crippen molar-refractivity contribution in [3.05, 3.63) is 107 Å². The Kier molecular flexibility index (Phi) is 4.61. The van der Waals surface area contributed by atoms with Crippen molar-refractivity contribution >= 4 is 34.0 Å². The SMILES string of the molecule is C/C(=C\c1ccccc1)C1=C(O)C(=O)C(c2ccc3ccccc3c2)=C(O)C1=O. The maximum atomic E-state index is 12.9. The molecule has 1 aliphatic rings. The molecule has 4 heteroatoms. The Morgan fingerprint density at radius 1 is 0.759 bits per heavy atom. The van der Waals surface area contributed by atoms with Gasteiger partial charge in [-0.25, -0.2) is 0 Å². The van der Waals surface area contributed by atoms with Crippen LogP contribution in [0.1, 0.15) is 18.1 Å². The molecule has 3 aromatic carbocycles. The van der Waals surface area contributed by atoms with Crippen molar-refractivity contribution in [2.75, 3.05) is 0 Å². The van der Waals surface area contributed by atoms with Gasteiger partial charge in [0.15, 0.2) is 11.5 Å². The Bertz CT molecular complexity index is 1240. The van der Waals surface area contributed by atoms with Gasteiger partial charge in [0.05, 0.1) is 11.1 Å². The van der Waals surface area contributed by atoms with Gasteiger partial charge < -0.3 is 10.2 Å². The van der Waals surface area contributed by atoms with Gasteiger partial charge in [0.1, 0.15) is 0 Å². The standard InChI is InChI=1S/C25H18O4/c1-15(13-16-7-3-2-4-8-16)20-22(26)24(28)21(25(29)23(20)27)19-12-11-17-9-5-6-10-18(17)14-19/h2-14,26,29H,1H3/b15-13+. The van der Waals surface area contributed by atoms with E-state index < -0.39 is 23.1 Å². The van der Waals surface area contributed by atoms with Crippen LogP contribution >= 0.6 is 0 Å². The van der Waals surface area contributed by atoms with Gasteiger partial charge in [-0.3, -0.25) is 9.59 Å². The number of aliphatic hydroxyl groups is 2. The van der Waals surface area contributed by atoms with E-state index in [9.17, 15) is 19.8 Å². The van der Waals surface area contributed by atoms with Crippen LogP contribution < -0.4 is 0 Å². The molecule has 0 heterocycles. The number of allylic oxidation sites excluding steroid dienone is 3. The largest absolute Gasteiger partial charge is 0.504 e. The van der Waals surface area contributed by atoms with Crippen molar-refractivity contribution in [2.24, 2.45) is 0 Å². The number of ketones is 2. The van der Waals surface area contributed by atoms with Crippen LogP contribution in [0.3, 0.4) is 0 Å². The zero-order valence-electron chi connectivity index (χ0n) is 15.7. The summed E-state index contributed by atoms with van der Waals surface area (Å²) in [6.45, 7) is 1.62. The number of fused-ring (bicyclic) bond motifs is 1. The Balaban J connectivity index is 1.79. The molecule has 0 amide bonds. The fourth-order valence-electron chi connectivity index (χ4n) is 3.53. The summed E-state index contributed by atoms with van der Waals surface area (Å²) >= 11 is 0. The fraction of sp³-hybridized carbons (Fsp3) is 0.0400. The van der Waals surface area contributed by atoms with E-state index in [1.807, 2.05) is 54.6 Å². The maximum Gasteiger partial charge on any atom is 0.232 e. The summed E-state index contributed by atoms with van der Waals surface area (Å²) < 4.78 is 0. The Hall–Kier alpha value is -3.92. The molecule has 142 valence electrons. The minimum absolute atomic E-state index is 0.180. The second-order valence-electron chi connectivity index (χ2n) is 6.91. The zero-order chi connectivity index (χ0) is 20.5. The second-order valence-corrected chi connectivity index (χ2v) is 6.91. The van der Waals surface area contributed by atoms with Gasteiger partial charge in [0, 0.05) is 0 Å². The zero-order valence-corrected chi connectivity index (χ0v) is 15.7. The molecule has 0 aliphatic heterocycles. The van der Waals surface area contributed by atoms with Crippen LogP contribution in [-0.2, 0) is 9.59 Å². The minimum Gasteiger partial charge on any atom is -0.504 e. The predicted octanol–water partition coefficient (Wildman–Crippen LogP) is 5.18. The summed E-state index contributed by atoms with van der Waals surface area (Å²) in [7, 11) is 0. The molecule has 0 radical (unpaired) electrons. The van der Waals surface area contributed by atoms with Crippen molar-refractivity contribution in [1.82, 2.24) is 0 Å². The summed E-state index contributed by atoms with van der Waals surface area (Å²) in [5.41, 5.74) is 1.23. The van der Waals surface area contributed by atoms with E-state index in [1.165, 1.54) is 0 Å². The molecule has 0 atom stereocenters. The van der Waals surface area contributed by atoms with Crippen molar-refractivity contribution in [2.45, 2.75) is 6.92 Å². The number of carbonyl (C=O) groups excluding carboxylic acids is 2. The van der Waals surface area contributed by atoms with Gasteiger partial charge in [-0.2, -0.15) is 0 Å². The minimum atomic E-state index is -0.770. The van der Waals surface area contributed by atoms with E-state index in [2.05, 4.69) is 0 Å². The van der Waals surface area contributed by atoms with Crippen LogP contribution in [0.4, 0.5) is 0 Å². The molecule has 0 aromatic heterocycles. The van der Waals surface area contributed by atoms with E-state index in [0.29, 0.717) is 11.1 Å². The van der Waals surface area contributed by atoms with E-state index in [1.54, 1.807) is 31.2 Å². The molecular formula is C25H18O4. The van der Waals surface area contributed by atoms with E-state index in [0.717, 1.165) is 16.3 Å². The van der Waals surface area contributed by atoms with Crippen molar-refractivity contribution in [3.63, 3.8) is 0 Å². The summed E-state index contributed by atoms with van der Waals surface area (Å²) in [4.78, 5) is 25.7. The number of rotatable bonds is 3. The maximum absolute atomic E-state index is 12.9. The number of benzene rings is 3. The first kappa shape index (κ1) is 18.4. The topological polar surface area (TPSA) is 74.6 Å². The third-order valence-corrected chi connectivity index (χ3v) is 4.97. The molecule has 0 saturated heterocycles. The molecular weight excluding hydrogens is 364 g/mol. The summed E-state index contributed by atoms with van der Waals surface area (Å²) in [5, 5.41) is 22.9. The van der Waals surface area contributed by atoms with E-state index in [-0.39, 0.29) is 11.1 Å². The highest BCUT2D eigenvalue weighted by Gasteiger charge is 2.36. The lowest BCUT2D eigenvalue weighted by Crippen LogP contribution is -2.24. The van der Waals surface area contributed by atoms with Crippen LogP contribution in [0.5, 0.6) is 0 Å². The third kappa shape index (κ3) is 3.25. The lowest BCUT2D eigenvalue weighted by molar-refractivity contribution is -0.118. The molecule has 29 heavy (non-hydrogen) atoms. The number of hydrogen-bond acceptors (Lipinski definition) is 4.